The molecule has 0 fully saturated rings. The van der Waals surface area contributed by atoms with E-state index in [9.17, 15) is 26.4 Å². The van der Waals surface area contributed by atoms with Gasteiger partial charge in [0.15, 0.2) is 10.0 Å². The van der Waals surface area contributed by atoms with Crippen LogP contribution in [-0.2, 0) is 43.0 Å². The molecule has 0 aromatic heterocycles. The van der Waals surface area contributed by atoms with Gasteiger partial charge in [-0.2, -0.15) is 13.2 Å². The molecular weight excluding hydrogens is 570 g/mol. The fourth-order valence-corrected chi connectivity index (χ4v) is 1.91. The minimum absolute atomic E-state index is 0. The largest absolute Gasteiger partial charge is 1.00 e. The Kier molecular flexibility index (Phi) is 70.7. The zero-order chi connectivity index (χ0) is 22.5. The molecule has 1 N–H and O–H groups in total. The summed E-state index contributed by atoms with van der Waals surface area (Å²) in [6, 6.07) is 5.69. The first kappa shape index (κ1) is 71.2. The average Bonchev–Trinajstić information content (AvgIpc) is 2.52. The van der Waals surface area contributed by atoms with Gasteiger partial charge in [-0.05, 0) is 35.8 Å². The van der Waals surface area contributed by atoms with Crippen LogP contribution in [0, 0.1) is 19.3 Å². The molecule has 0 radical (unpaired) electrons. The zero-order valence-corrected chi connectivity index (χ0v) is 24.9. The van der Waals surface area contributed by atoms with E-state index < -0.39 is 21.4 Å². The van der Waals surface area contributed by atoms with E-state index in [1.54, 1.807) is 12.1 Å². The molecule has 0 aliphatic heterocycles. The van der Waals surface area contributed by atoms with Crippen molar-refractivity contribution < 1.29 is 110 Å². The summed E-state index contributed by atoms with van der Waals surface area (Å²) < 4.78 is 60.1. The van der Waals surface area contributed by atoms with Crippen molar-refractivity contribution in [3.05, 3.63) is 47.5 Å². The summed E-state index contributed by atoms with van der Waals surface area (Å²) in [6.07, 6.45) is 1.70. The maximum Gasteiger partial charge on any atom is 1.00 e. The number of carbonyl (C=O) groups excluding carboxylic acids is 1. The van der Waals surface area contributed by atoms with Crippen LogP contribution in [0.15, 0.2) is 24.3 Å². The first-order valence-corrected chi connectivity index (χ1v) is 9.97. The van der Waals surface area contributed by atoms with Crippen LogP contribution in [-0.4, -0.2) is 32.2 Å². The van der Waals surface area contributed by atoms with Gasteiger partial charge in [0.2, 0.25) is 0 Å². The smallest absolute Gasteiger partial charge is 0.534 e. The molecule has 1 aromatic carbocycles. The monoisotopic (exact) mass is 626 g/mol. The molecule has 1 rings (SSSR count). The summed E-state index contributed by atoms with van der Waals surface area (Å²) in [5, 5.41) is 7.07. The van der Waals surface area contributed by atoms with E-state index >= 15 is 0 Å². The van der Waals surface area contributed by atoms with Gasteiger partial charge >= 0.3 is 56.9 Å². The Balaban J connectivity index is -0.0000000422. The summed E-state index contributed by atoms with van der Waals surface area (Å²) in [5.74, 6) is -0.0963. The molecule has 6 nitrogen and oxygen atoms in total. The standard InChI is InChI=1S/C13H16F3NO3S.C4H10.CH4O2.6CH4.CH3.K.Ti/c1-9(2)3-4-10-5-7-11(8-6-10)12(18)17-21(19,20)13(14,15)16;1-4(2)3;1-3-2;;;;;;;;;/h5-9H,3-4H2,1-2H3,(H,17,18);4H,1-3H3;2H,1H3;6*1H4;1H3;;/q;;;;;;;;;-1;+1;/p-1. The van der Waals surface area contributed by atoms with Gasteiger partial charge in [-0.25, -0.2) is 13.3 Å². The van der Waals surface area contributed by atoms with Crippen molar-refractivity contribution in [2.75, 3.05) is 7.11 Å². The van der Waals surface area contributed by atoms with Gasteiger partial charge in [0.05, 0.1) is 13.0 Å². The topological polar surface area (TPSA) is 94.8 Å². The van der Waals surface area contributed by atoms with E-state index in [0.717, 1.165) is 24.3 Å². The zero-order valence-electron chi connectivity index (χ0n) is 19.4. The molecule has 224 valence electrons. The second-order valence-corrected chi connectivity index (χ2v) is 8.46. The number of hydrogen-bond acceptors (Lipinski definition) is 5. The number of rotatable bonds is 5. The Morgan fingerprint density at radius 1 is 0.946 bits per heavy atom. The molecule has 37 heavy (non-hydrogen) atoms. The quantitative estimate of drug-likeness (QED) is 0.170. The number of hydrogen-bond donors (Lipinski definition) is 1. The van der Waals surface area contributed by atoms with Crippen LogP contribution < -0.4 is 51.4 Å². The van der Waals surface area contributed by atoms with Crippen LogP contribution in [0.3, 0.4) is 0 Å². The second-order valence-electron chi connectivity index (χ2n) is 6.86. The van der Waals surface area contributed by atoms with Crippen LogP contribution in [0.1, 0.15) is 102 Å². The molecule has 0 unspecified atom stereocenters. The molecular formula is C25H56F3KNO5STi-. The van der Waals surface area contributed by atoms with Crippen molar-refractivity contribution in [3.8, 4) is 0 Å². The summed E-state index contributed by atoms with van der Waals surface area (Å²) in [7, 11) is -4.62. The maximum atomic E-state index is 12.1. The predicted molar refractivity (Wildman–Crippen MR) is 149 cm³/mol. The molecule has 1 amide bonds. The van der Waals surface area contributed by atoms with E-state index in [2.05, 4.69) is 44.2 Å². The first-order chi connectivity index (χ1) is 12.7. The summed E-state index contributed by atoms with van der Waals surface area (Å²) >= 11 is 0. The molecule has 0 saturated heterocycles. The molecule has 0 saturated carbocycles. The fourth-order valence-electron chi connectivity index (χ4n) is 1.48. The van der Waals surface area contributed by atoms with Crippen molar-refractivity contribution in [3.63, 3.8) is 0 Å². The van der Waals surface area contributed by atoms with Gasteiger partial charge < -0.3 is 16.9 Å². The third-order valence-electron chi connectivity index (χ3n) is 2.71. The Morgan fingerprint density at radius 3 is 1.49 bits per heavy atom. The number of alkyl halides is 3. The SMILES string of the molecule is C.C.C.C.C.C.CC(C)C.CC(C)CCc1ccc(C(=O)[N-]S(=O)(=O)C(F)(F)F)cc1.COO.[CH3-].[K+].[Ti]. The van der Waals surface area contributed by atoms with Crippen LogP contribution in [0.4, 0.5) is 13.2 Å². The van der Waals surface area contributed by atoms with Crippen molar-refractivity contribution in [2.24, 2.45) is 11.8 Å². The van der Waals surface area contributed by atoms with Crippen LogP contribution >= 0.6 is 0 Å². The van der Waals surface area contributed by atoms with Crippen LogP contribution in [0.2, 0.25) is 0 Å². The van der Waals surface area contributed by atoms with Crippen molar-refractivity contribution in [1.82, 2.24) is 0 Å². The molecule has 12 heteroatoms. The van der Waals surface area contributed by atoms with E-state index in [0.29, 0.717) is 5.92 Å². The van der Waals surface area contributed by atoms with E-state index in [4.69, 9.17) is 5.26 Å². The van der Waals surface area contributed by atoms with E-state index in [-0.39, 0.29) is 131 Å². The molecule has 0 spiro atoms. The number of carbonyl (C=O) groups is 1. The molecule has 0 aliphatic carbocycles. The molecule has 0 atom stereocenters. The predicted octanol–water partition coefficient (Wildman–Crippen LogP) is 6.68. The summed E-state index contributed by atoms with van der Waals surface area (Å²) in [5.41, 5.74) is -4.85. The van der Waals surface area contributed by atoms with Gasteiger partial charge in [-0.1, -0.05) is 103 Å². The normalized spacial score (nSPS) is 8.54. The van der Waals surface area contributed by atoms with Crippen molar-refractivity contribution in [1.29, 1.82) is 0 Å². The summed E-state index contributed by atoms with van der Waals surface area (Å²) in [6.45, 7) is 10.6. The number of sulfonamides is 1. The maximum absolute atomic E-state index is 12.1. The number of benzene rings is 1. The molecule has 0 heterocycles. The van der Waals surface area contributed by atoms with Crippen LogP contribution in [0.25, 0.3) is 4.72 Å². The third-order valence-corrected chi connectivity index (χ3v) is 3.70. The van der Waals surface area contributed by atoms with E-state index in [1.165, 1.54) is 19.2 Å². The number of nitrogens with zero attached hydrogens (tertiary/aromatic N) is 1. The Labute approximate surface area is 286 Å². The summed E-state index contributed by atoms with van der Waals surface area (Å²) in [4.78, 5) is 14.7. The Hall–Kier alpha value is 0.701. The number of aryl methyl sites for hydroxylation is 1. The Morgan fingerprint density at radius 2 is 1.24 bits per heavy atom. The van der Waals surface area contributed by atoms with Crippen molar-refractivity contribution in [2.45, 2.75) is 97.5 Å². The van der Waals surface area contributed by atoms with Gasteiger partial charge in [-0.15, -0.1) is 0 Å². The van der Waals surface area contributed by atoms with Crippen molar-refractivity contribution >= 4 is 15.9 Å². The molecule has 0 bridgehead atoms. The minimum Gasteiger partial charge on any atom is -0.534 e. The minimum atomic E-state index is -5.80. The number of halogens is 3. The second kappa shape index (κ2) is 36.7. The molecule has 1 aromatic rings. The van der Waals surface area contributed by atoms with Gasteiger partial charge in [0.25, 0.3) is 0 Å². The number of amides is 1. The average molecular weight is 627 g/mol. The van der Waals surface area contributed by atoms with Gasteiger partial charge in [0.1, 0.15) is 0 Å². The third kappa shape index (κ3) is 38.9. The van der Waals surface area contributed by atoms with Crippen LogP contribution in [0.5, 0.6) is 0 Å². The molecule has 0 aliphatic rings. The first-order valence-electron chi connectivity index (χ1n) is 8.53. The fraction of sp³-hybridized carbons (Fsp3) is 0.680. The van der Waals surface area contributed by atoms with E-state index in [1.807, 2.05) is 0 Å². The van der Waals surface area contributed by atoms with Gasteiger partial charge in [0, 0.05) is 21.7 Å². The Bertz CT molecular complexity index is 671. The van der Waals surface area contributed by atoms with Gasteiger partial charge in [-0.3, -0.25) is 5.26 Å².